The fraction of sp³-hybridized carbons (Fsp3) is 0.500. The third-order valence-corrected chi connectivity index (χ3v) is 4.81. The third kappa shape index (κ3) is 4.85. The van der Waals surface area contributed by atoms with Gasteiger partial charge in [0.25, 0.3) is 5.91 Å². The van der Waals surface area contributed by atoms with Crippen molar-refractivity contribution in [3.63, 3.8) is 0 Å². The monoisotopic (exact) mass is 356 g/mol. The molecule has 2 aromatic rings. The molecule has 1 saturated heterocycles. The molecule has 1 aliphatic rings. The van der Waals surface area contributed by atoms with E-state index in [2.05, 4.69) is 27.7 Å². The lowest BCUT2D eigenvalue weighted by Crippen LogP contribution is -2.50. The summed E-state index contributed by atoms with van der Waals surface area (Å²) in [4.78, 5) is 16.6. The van der Waals surface area contributed by atoms with Crippen molar-refractivity contribution < 1.29 is 9.53 Å². The van der Waals surface area contributed by atoms with Crippen molar-refractivity contribution in [2.24, 2.45) is 0 Å². The fourth-order valence-corrected chi connectivity index (χ4v) is 3.30. The summed E-state index contributed by atoms with van der Waals surface area (Å²) in [5, 5.41) is 4.51. The number of nitrogens with zero attached hydrogens (tertiary/aromatic N) is 4. The molecule has 1 aromatic heterocycles. The second kappa shape index (κ2) is 8.36. The van der Waals surface area contributed by atoms with E-state index in [1.807, 2.05) is 43.0 Å². The Balaban J connectivity index is 1.40. The van der Waals surface area contributed by atoms with E-state index in [1.54, 1.807) is 0 Å². The van der Waals surface area contributed by atoms with Gasteiger partial charge in [0.1, 0.15) is 5.75 Å². The molecule has 6 heteroatoms. The maximum atomic E-state index is 12.4. The Hall–Kier alpha value is -2.34. The smallest absolute Gasteiger partial charge is 0.260 e. The van der Waals surface area contributed by atoms with Crippen LogP contribution in [-0.2, 0) is 11.3 Å². The lowest BCUT2D eigenvalue weighted by Gasteiger charge is -2.34. The minimum absolute atomic E-state index is 0.0599. The zero-order valence-electron chi connectivity index (χ0n) is 15.9. The summed E-state index contributed by atoms with van der Waals surface area (Å²) in [5.74, 6) is 0.812. The molecule has 1 aliphatic heterocycles. The van der Waals surface area contributed by atoms with Crippen molar-refractivity contribution >= 4 is 5.91 Å². The molecule has 0 aliphatic carbocycles. The number of hydrogen-bond acceptors (Lipinski definition) is 4. The molecule has 140 valence electrons. The molecule has 0 radical (unpaired) electrons. The molecular formula is C20H28N4O2. The third-order valence-electron chi connectivity index (χ3n) is 4.81. The summed E-state index contributed by atoms with van der Waals surface area (Å²) in [7, 11) is 0. The molecule has 1 fully saturated rings. The maximum absolute atomic E-state index is 12.4. The van der Waals surface area contributed by atoms with Gasteiger partial charge in [0.2, 0.25) is 0 Å². The molecule has 1 amide bonds. The van der Waals surface area contributed by atoms with Gasteiger partial charge >= 0.3 is 0 Å². The first-order valence-electron chi connectivity index (χ1n) is 9.22. The van der Waals surface area contributed by atoms with E-state index >= 15 is 0 Å². The van der Waals surface area contributed by atoms with Gasteiger partial charge in [0.05, 0.1) is 12.2 Å². The number of rotatable bonds is 6. The topological polar surface area (TPSA) is 50.6 Å². The highest BCUT2D eigenvalue weighted by Crippen LogP contribution is 2.13. The summed E-state index contributed by atoms with van der Waals surface area (Å²) >= 11 is 0. The molecular weight excluding hydrogens is 328 g/mol. The van der Waals surface area contributed by atoms with Crippen molar-refractivity contribution in [3.05, 3.63) is 47.3 Å². The Morgan fingerprint density at radius 2 is 1.85 bits per heavy atom. The van der Waals surface area contributed by atoms with Gasteiger partial charge in [-0.05, 0) is 44.5 Å². The van der Waals surface area contributed by atoms with Crippen molar-refractivity contribution in [2.75, 3.05) is 39.3 Å². The normalized spacial score (nSPS) is 15.3. The minimum atomic E-state index is 0.0599. The molecule has 0 spiro atoms. The number of aryl methyl sites for hydroxylation is 3. The van der Waals surface area contributed by atoms with Crippen molar-refractivity contribution in [3.8, 4) is 5.75 Å². The Bertz CT molecular complexity index is 748. The van der Waals surface area contributed by atoms with Crippen LogP contribution in [0.25, 0.3) is 0 Å². The molecule has 0 bridgehead atoms. The van der Waals surface area contributed by atoms with Gasteiger partial charge in [-0.3, -0.25) is 14.4 Å². The van der Waals surface area contributed by atoms with E-state index in [4.69, 9.17) is 4.74 Å². The highest BCUT2D eigenvalue weighted by Gasteiger charge is 2.21. The Morgan fingerprint density at radius 1 is 1.08 bits per heavy atom. The van der Waals surface area contributed by atoms with Crippen molar-refractivity contribution in [1.29, 1.82) is 0 Å². The minimum Gasteiger partial charge on any atom is -0.484 e. The summed E-state index contributed by atoms with van der Waals surface area (Å²) in [6, 6.07) is 9.89. The highest BCUT2D eigenvalue weighted by atomic mass is 16.5. The van der Waals surface area contributed by atoms with Crippen LogP contribution in [0.3, 0.4) is 0 Å². The van der Waals surface area contributed by atoms with Gasteiger partial charge in [-0.2, -0.15) is 5.10 Å². The van der Waals surface area contributed by atoms with Crippen LogP contribution < -0.4 is 4.74 Å². The number of ether oxygens (including phenoxy) is 1. The van der Waals surface area contributed by atoms with E-state index in [1.165, 1.54) is 5.69 Å². The predicted octanol–water partition coefficient (Wildman–Crippen LogP) is 2.03. The molecule has 0 N–H and O–H groups in total. The molecule has 6 nitrogen and oxygen atoms in total. The average molecular weight is 356 g/mol. The van der Waals surface area contributed by atoms with E-state index in [9.17, 15) is 4.79 Å². The van der Waals surface area contributed by atoms with Gasteiger partial charge in [-0.15, -0.1) is 0 Å². The Labute approximate surface area is 155 Å². The lowest BCUT2D eigenvalue weighted by molar-refractivity contribution is -0.135. The Morgan fingerprint density at radius 3 is 2.50 bits per heavy atom. The van der Waals surface area contributed by atoms with Crippen LogP contribution in [0.1, 0.15) is 17.0 Å². The number of carbonyl (C=O) groups excluding carboxylic acids is 1. The van der Waals surface area contributed by atoms with Crippen LogP contribution in [0.15, 0.2) is 30.3 Å². The summed E-state index contributed by atoms with van der Waals surface area (Å²) < 4.78 is 7.69. The molecule has 0 saturated carbocycles. The van der Waals surface area contributed by atoms with E-state index in [-0.39, 0.29) is 12.5 Å². The number of amides is 1. The molecule has 0 unspecified atom stereocenters. The second-order valence-corrected chi connectivity index (χ2v) is 6.98. The van der Waals surface area contributed by atoms with Crippen LogP contribution in [0.2, 0.25) is 0 Å². The highest BCUT2D eigenvalue weighted by molar-refractivity contribution is 5.77. The first kappa shape index (κ1) is 18.5. The van der Waals surface area contributed by atoms with Gasteiger partial charge < -0.3 is 9.64 Å². The van der Waals surface area contributed by atoms with Crippen LogP contribution in [0, 0.1) is 20.8 Å². The van der Waals surface area contributed by atoms with Gasteiger partial charge in [0.15, 0.2) is 6.61 Å². The van der Waals surface area contributed by atoms with Crippen LogP contribution in [0.4, 0.5) is 0 Å². The predicted molar refractivity (Wildman–Crippen MR) is 101 cm³/mol. The zero-order chi connectivity index (χ0) is 18.5. The first-order chi connectivity index (χ1) is 12.5. The zero-order valence-corrected chi connectivity index (χ0v) is 15.9. The summed E-state index contributed by atoms with van der Waals surface area (Å²) in [5.41, 5.74) is 3.39. The number of carbonyl (C=O) groups is 1. The van der Waals surface area contributed by atoms with E-state index in [0.29, 0.717) is 0 Å². The van der Waals surface area contributed by atoms with E-state index < -0.39 is 0 Å². The molecule has 1 aromatic carbocycles. The first-order valence-corrected chi connectivity index (χ1v) is 9.22. The summed E-state index contributed by atoms with van der Waals surface area (Å²) in [6.45, 7) is 11.4. The van der Waals surface area contributed by atoms with E-state index in [0.717, 1.165) is 56.3 Å². The maximum Gasteiger partial charge on any atom is 0.260 e. The quantitative estimate of drug-likeness (QED) is 0.795. The van der Waals surface area contributed by atoms with Crippen LogP contribution in [0.5, 0.6) is 5.75 Å². The number of hydrogen-bond donors (Lipinski definition) is 0. The van der Waals surface area contributed by atoms with Gasteiger partial charge in [-0.25, -0.2) is 0 Å². The summed E-state index contributed by atoms with van der Waals surface area (Å²) in [6.07, 6.45) is 0. The SMILES string of the molecule is Cc1cccc(OCC(=O)N2CCN(CCn3nc(C)cc3C)CC2)c1. The fourth-order valence-electron chi connectivity index (χ4n) is 3.30. The number of piperazine rings is 1. The Kier molecular flexibility index (Phi) is 5.93. The van der Waals surface area contributed by atoms with Crippen LogP contribution in [-0.4, -0.2) is 64.8 Å². The number of aromatic nitrogens is 2. The molecule has 26 heavy (non-hydrogen) atoms. The van der Waals surface area contributed by atoms with Crippen LogP contribution >= 0.6 is 0 Å². The van der Waals surface area contributed by atoms with Gasteiger partial charge in [-0.1, -0.05) is 12.1 Å². The second-order valence-electron chi connectivity index (χ2n) is 6.98. The van der Waals surface area contributed by atoms with Gasteiger partial charge in [0, 0.05) is 38.4 Å². The average Bonchev–Trinajstić information content (AvgIpc) is 2.96. The number of benzene rings is 1. The lowest BCUT2D eigenvalue weighted by atomic mass is 10.2. The van der Waals surface area contributed by atoms with Crippen molar-refractivity contribution in [2.45, 2.75) is 27.3 Å². The van der Waals surface area contributed by atoms with Crippen molar-refractivity contribution in [1.82, 2.24) is 19.6 Å². The molecule has 2 heterocycles. The standard InChI is InChI=1S/C20H28N4O2/c1-16-5-4-6-19(13-16)26-15-20(25)23-10-7-22(8-11-23)9-12-24-18(3)14-17(2)21-24/h4-6,13-14H,7-12,15H2,1-3H3. The molecule has 0 atom stereocenters. The molecule has 3 rings (SSSR count). The largest absolute Gasteiger partial charge is 0.484 e.